The lowest BCUT2D eigenvalue weighted by atomic mass is 9.78. The Labute approximate surface area is 222 Å². The number of aliphatic hydroxyl groups is 1. The molecule has 0 radical (unpaired) electrons. The first-order chi connectivity index (χ1) is 18.4. The van der Waals surface area contributed by atoms with Gasteiger partial charge in [-0.25, -0.2) is 13.2 Å². The highest BCUT2D eigenvalue weighted by atomic mass is 19.2. The standard InChI is InChI=1S/C31H38F4O3/c1-2-3-25(36)21-10-8-20(9-11-21)23-14-15-26(31(35)29(23)33)37-16-18-4-6-19(7-5-18)22-12-13-24(27-17-38-27)30(34)28(22)32/h8,12-13,15,18-19,21,23,25,27,36H,2-7,9-11,14,16-17H2,1H3. The number of aliphatic hydroxyl groups excluding tert-OH is 1. The zero-order valence-electron chi connectivity index (χ0n) is 22.0. The van der Waals surface area contributed by atoms with Crippen molar-refractivity contribution in [2.75, 3.05) is 13.2 Å². The SMILES string of the molecule is CCCC(O)C1CC=C(C2CC=C(OCC3CCC(c4ccc(C5CO5)c(F)c4F)CC3)C(F)=C2F)CC1. The summed E-state index contributed by atoms with van der Waals surface area (Å²) in [5.41, 5.74) is 1.60. The van der Waals surface area contributed by atoms with E-state index in [9.17, 15) is 18.3 Å². The molecular formula is C31H38F4O3. The van der Waals surface area contributed by atoms with E-state index in [4.69, 9.17) is 9.47 Å². The van der Waals surface area contributed by atoms with E-state index in [-0.39, 0.29) is 47.9 Å². The largest absolute Gasteiger partial charge is 0.490 e. The summed E-state index contributed by atoms with van der Waals surface area (Å²) in [5, 5.41) is 10.3. The van der Waals surface area contributed by atoms with E-state index < -0.39 is 29.2 Å². The molecule has 5 rings (SSSR count). The number of allylic oxidation sites excluding steroid dienone is 5. The van der Waals surface area contributed by atoms with E-state index >= 15 is 4.39 Å². The molecule has 1 aromatic rings. The minimum absolute atomic E-state index is 0.0282. The van der Waals surface area contributed by atoms with Gasteiger partial charge in [0, 0.05) is 11.5 Å². The van der Waals surface area contributed by atoms with E-state index in [1.54, 1.807) is 18.2 Å². The topological polar surface area (TPSA) is 42.0 Å². The normalized spacial score (nSPS) is 30.5. The van der Waals surface area contributed by atoms with E-state index in [2.05, 4.69) is 0 Å². The van der Waals surface area contributed by atoms with Gasteiger partial charge in [-0.1, -0.05) is 37.1 Å². The van der Waals surface area contributed by atoms with Crippen molar-refractivity contribution in [3.63, 3.8) is 0 Å². The average Bonchev–Trinajstić information content (AvgIpc) is 3.77. The van der Waals surface area contributed by atoms with Gasteiger partial charge in [-0.3, -0.25) is 0 Å². The molecule has 0 spiro atoms. The third-order valence-corrected chi connectivity index (χ3v) is 8.92. The van der Waals surface area contributed by atoms with Crippen molar-refractivity contribution in [3.05, 3.63) is 70.0 Å². The Morgan fingerprint density at radius 2 is 1.68 bits per heavy atom. The molecule has 4 atom stereocenters. The van der Waals surface area contributed by atoms with E-state index in [0.717, 1.165) is 37.7 Å². The molecule has 1 heterocycles. The highest BCUT2D eigenvalue weighted by Gasteiger charge is 2.34. The molecule has 3 aliphatic carbocycles. The molecule has 1 aliphatic heterocycles. The van der Waals surface area contributed by atoms with Crippen molar-refractivity contribution in [1.29, 1.82) is 0 Å². The lowest BCUT2D eigenvalue weighted by Gasteiger charge is -2.31. The van der Waals surface area contributed by atoms with Gasteiger partial charge in [-0.15, -0.1) is 0 Å². The molecule has 1 N–H and O–H groups in total. The maximum Gasteiger partial charge on any atom is 0.196 e. The molecule has 4 unspecified atom stereocenters. The van der Waals surface area contributed by atoms with E-state index in [1.807, 2.05) is 13.0 Å². The fourth-order valence-corrected chi connectivity index (χ4v) is 6.42. The minimum atomic E-state index is -0.916. The van der Waals surface area contributed by atoms with Crippen LogP contribution in [0.2, 0.25) is 0 Å². The van der Waals surface area contributed by atoms with Gasteiger partial charge in [0.1, 0.15) is 11.9 Å². The average molecular weight is 535 g/mol. The third kappa shape index (κ3) is 5.89. The summed E-state index contributed by atoms with van der Waals surface area (Å²) in [6.45, 7) is 2.75. The summed E-state index contributed by atoms with van der Waals surface area (Å²) in [6.07, 6.45) is 10.1. The zero-order chi connectivity index (χ0) is 26.8. The van der Waals surface area contributed by atoms with Crippen LogP contribution in [0.1, 0.15) is 94.3 Å². The van der Waals surface area contributed by atoms with E-state index in [0.29, 0.717) is 44.3 Å². The first-order valence-electron chi connectivity index (χ1n) is 14.2. The summed E-state index contributed by atoms with van der Waals surface area (Å²) >= 11 is 0. The van der Waals surface area contributed by atoms with Gasteiger partial charge in [-0.2, -0.15) is 4.39 Å². The Hall–Kier alpha value is -2.12. The zero-order valence-corrected chi connectivity index (χ0v) is 22.0. The van der Waals surface area contributed by atoms with Crippen LogP contribution in [0.4, 0.5) is 17.6 Å². The van der Waals surface area contributed by atoms with Crippen LogP contribution in [0, 0.1) is 29.4 Å². The van der Waals surface area contributed by atoms with Gasteiger partial charge >= 0.3 is 0 Å². The molecule has 208 valence electrons. The first kappa shape index (κ1) is 27.4. The van der Waals surface area contributed by atoms with Crippen LogP contribution in [-0.2, 0) is 9.47 Å². The Balaban J connectivity index is 1.11. The number of hydrogen-bond donors (Lipinski definition) is 1. The van der Waals surface area contributed by atoms with Crippen molar-refractivity contribution in [3.8, 4) is 0 Å². The van der Waals surface area contributed by atoms with Gasteiger partial charge in [0.25, 0.3) is 0 Å². The van der Waals surface area contributed by atoms with Crippen molar-refractivity contribution in [2.24, 2.45) is 17.8 Å². The van der Waals surface area contributed by atoms with Crippen LogP contribution in [0.3, 0.4) is 0 Å². The number of rotatable bonds is 9. The van der Waals surface area contributed by atoms with E-state index in [1.165, 1.54) is 0 Å². The number of halogens is 4. The fourth-order valence-electron chi connectivity index (χ4n) is 6.42. The van der Waals surface area contributed by atoms with Gasteiger partial charge in [0.2, 0.25) is 0 Å². The van der Waals surface area contributed by atoms with Crippen LogP contribution in [0.5, 0.6) is 0 Å². The van der Waals surface area contributed by atoms with Gasteiger partial charge in [-0.05, 0) is 87.2 Å². The summed E-state index contributed by atoms with van der Waals surface area (Å²) in [5.74, 6) is -3.59. The maximum absolute atomic E-state index is 15.0. The Bertz CT molecular complexity index is 1100. The third-order valence-electron chi connectivity index (χ3n) is 8.92. The predicted octanol–water partition coefficient (Wildman–Crippen LogP) is 8.27. The first-order valence-corrected chi connectivity index (χ1v) is 14.2. The second kappa shape index (κ2) is 12.0. The van der Waals surface area contributed by atoms with Gasteiger partial charge in [0.05, 0.1) is 19.3 Å². The summed E-state index contributed by atoms with van der Waals surface area (Å²) in [7, 11) is 0. The Morgan fingerprint density at radius 1 is 0.974 bits per heavy atom. The highest BCUT2D eigenvalue weighted by molar-refractivity contribution is 5.34. The second-order valence-electron chi connectivity index (χ2n) is 11.4. The molecule has 1 saturated heterocycles. The molecule has 3 nitrogen and oxygen atoms in total. The van der Waals surface area contributed by atoms with Crippen molar-refractivity contribution < 1.29 is 32.1 Å². The molecular weight excluding hydrogens is 496 g/mol. The molecule has 1 saturated carbocycles. The molecule has 0 amide bonds. The van der Waals surface area contributed by atoms with Crippen LogP contribution in [-0.4, -0.2) is 24.4 Å². The van der Waals surface area contributed by atoms with Crippen molar-refractivity contribution in [2.45, 2.75) is 89.3 Å². The van der Waals surface area contributed by atoms with Crippen LogP contribution < -0.4 is 0 Å². The molecule has 1 aromatic carbocycles. The molecule has 0 bridgehead atoms. The van der Waals surface area contributed by atoms with Crippen LogP contribution >= 0.6 is 0 Å². The van der Waals surface area contributed by atoms with Crippen LogP contribution in [0.25, 0.3) is 0 Å². The maximum atomic E-state index is 15.0. The molecule has 0 aromatic heterocycles. The summed E-state index contributed by atoms with van der Waals surface area (Å²) < 4.78 is 69.9. The summed E-state index contributed by atoms with van der Waals surface area (Å²) in [4.78, 5) is 0. The smallest absolute Gasteiger partial charge is 0.196 e. The van der Waals surface area contributed by atoms with Crippen molar-refractivity contribution in [1.82, 2.24) is 0 Å². The number of epoxide rings is 1. The fraction of sp³-hybridized carbons (Fsp3) is 0.613. The Kier molecular flexibility index (Phi) is 8.63. The Morgan fingerprint density at radius 3 is 2.34 bits per heavy atom. The van der Waals surface area contributed by atoms with Gasteiger partial charge in [0.15, 0.2) is 23.2 Å². The minimum Gasteiger partial charge on any atom is -0.490 e. The van der Waals surface area contributed by atoms with Gasteiger partial charge < -0.3 is 14.6 Å². The summed E-state index contributed by atoms with van der Waals surface area (Å²) in [6, 6.07) is 3.31. The quantitative estimate of drug-likeness (QED) is 0.197. The van der Waals surface area contributed by atoms with Crippen LogP contribution in [0.15, 0.2) is 47.3 Å². The molecule has 38 heavy (non-hydrogen) atoms. The molecule has 2 fully saturated rings. The monoisotopic (exact) mass is 534 g/mol. The lowest BCUT2D eigenvalue weighted by molar-refractivity contribution is 0.0911. The number of hydrogen-bond acceptors (Lipinski definition) is 3. The predicted molar refractivity (Wildman–Crippen MR) is 137 cm³/mol. The second-order valence-corrected chi connectivity index (χ2v) is 11.4. The molecule has 4 aliphatic rings. The number of benzene rings is 1. The highest BCUT2D eigenvalue weighted by Crippen LogP contribution is 2.43. The number of ether oxygens (including phenoxy) is 2. The lowest BCUT2D eigenvalue weighted by Crippen LogP contribution is -2.24. The van der Waals surface area contributed by atoms with Crippen molar-refractivity contribution >= 4 is 0 Å². The molecule has 7 heteroatoms.